The van der Waals surface area contributed by atoms with Crippen LogP contribution in [-0.4, -0.2) is 40.9 Å². The minimum absolute atomic E-state index is 0.787. The first-order valence-corrected chi connectivity index (χ1v) is 8.15. The zero-order chi connectivity index (χ0) is 17.2. The Hall–Kier alpha value is -2.36. The summed E-state index contributed by atoms with van der Waals surface area (Å²) in [5.41, 5.74) is 8.11. The molecule has 0 saturated carbocycles. The number of hydrogen-bond donors (Lipinski definition) is 1. The molecule has 4 nitrogen and oxygen atoms in total. The van der Waals surface area contributed by atoms with Gasteiger partial charge in [-0.3, -0.25) is 0 Å². The lowest BCUT2D eigenvalue weighted by molar-refractivity contribution is 0.193. The third kappa shape index (κ3) is 5.40. The summed E-state index contributed by atoms with van der Waals surface area (Å²) in [5, 5.41) is 0. The molecule has 2 N–H and O–H groups in total. The summed E-state index contributed by atoms with van der Waals surface area (Å²) in [6, 6.07) is 0. The number of allylic oxidation sites excluding steroid dienone is 4. The normalized spacial score (nSPS) is 18.2. The lowest BCUT2D eigenvalue weighted by Gasteiger charge is -2.38. The van der Waals surface area contributed by atoms with E-state index >= 15 is 0 Å². The lowest BCUT2D eigenvalue weighted by atomic mass is 10.2. The fraction of sp³-hybridized carbons (Fsp3) is 0.368. The van der Waals surface area contributed by atoms with E-state index in [2.05, 4.69) is 55.5 Å². The Kier molecular flexibility index (Phi) is 7.81. The Labute approximate surface area is 141 Å². The summed E-state index contributed by atoms with van der Waals surface area (Å²) in [6.45, 7) is 19.4. The molecule has 0 atom stereocenters. The van der Waals surface area contributed by atoms with Crippen LogP contribution in [0.15, 0.2) is 73.7 Å². The van der Waals surface area contributed by atoms with Gasteiger partial charge < -0.3 is 20.4 Å². The summed E-state index contributed by atoms with van der Waals surface area (Å²) in [6.07, 6.45) is 12.7. The van der Waals surface area contributed by atoms with Crippen molar-refractivity contribution in [3.63, 3.8) is 0 Å². The average molecular weight is 314 g/mol. The molecular formula is C19H30N4. The number of hydrogen-bond acceptors (Lipinski definition) is 4. The SMILES string of the molecule is C=C/C=C(\N)N1CCN(C2=CC(=C)N(C=C)C=C2)CC1.CCC. The first-order valence-electron chi connectivity index (χ1n) is 8.15. The first-order chi connectivity index (χ1) is 11.1. The van der Waals surface area contributed by atoms with Crippen molar-refractivity contribution in [2.24, 2.45) is 5.73 Å². The minimum Gasteiger partial charge on any atom is -0.385 e. The highest BCUT2D eigenvalue weighted by Gasteiger charge is 2.19. The van der Waals surface area contributed by atoms with Gasteiger partial charge in [0.15, 0.2) is 0 Å². The third-order valence-electron chi connectivity index (χ3n) is 3.55. The van der Waals surface area contributed by atoms with E-state index < -0.39 is 0 Å². The van der Waals surface area contributed by atoms with Crippen LogP contribution in [0, 0.1) is 0 Å². The Morgan fingerprint density at radius 2 is 1.83 bits per heavy atom. The summed E-state index contributed by atoms with van der Waals surface area (Å²) in [5.74, 6) is 0.787. The predicted octanol–water partition coefficient (Wildman–Crippen LogP) is 3.38. The monoisotopic (exact) mass is 314 g/mol. The van der Waals surface area contributed by atoms with Crippen LogP contribution in [-0.2, 0) is 0 Å². The van der Waals surface area contributed by atoms with Gasteiger partial charge in [-0.2, -0.15) is 0 Å². The highest BCUT2D eigenvalue weighted by atomic mass is 15.3. The van der Waals surface area contributed by atoms with Crippen LogP contribution in [0.1, 0.15) is 20.3 Å². The molecule has 23 heavy (non-hydrogen) atoms. The molecule has 0 radical (unpaired) electrons. The molecule has 0 bridgehead atoms. The molecule has 0 aromatic carbocycles. The largest absolute Gasteiger partial charge is 0.385 e. The van der Waals surface area contributed by atoms with Gasteiger partial charge in [-0.15, -0.1) is 0 Å². The van der Waals surface area contributed by atoms with Crippen molar-refractivity contribution in [2.45, 2.75) is 20.3 Å². The topological polar surface area (TPSA) is 35.7 Å². The summed E-state index contributed by atoms with van der Waals surface area (Å²) < 4.78 is 0. The van der Waals surface area contributed by atoms with Crippen molar-refractivity contribution in [3.05, 3.63) is 73.7 Å². The standard InChI is InChI=1S/C16H22N4.C3H8/c1-4-6-16(17)20-11-9-19(10-12-20)15-7-8-18(5-2)14(3)13-15;1-3-2/h4-8,13H,1-3,9-12,17H2;3H2,1-2H3/b16-6+;. The van der Waals surface area contributed by atoms with E-state index in [9.17, 15) is 0 Å². The Bertz CT molecular complexity index is 505. The minimum atomic E-state index is 0.787. The molecule has 2 aliphatic rings. The Morgan fingerprint density at radius 3 is 2.30 bits per heavy atom. The van der Waals surface area contributed by atoms with E-state index in [4.69, 9.17) is 5.73 Å². The second-order valence-corrected chi connectivity index (χ2v) is 5.47. The van der Waals surface area contributed by atoms with Gasteiger partial charge in [0.2, 0.25) is 0 Å². The number of rotatable bonds is 4. The number of nitrogens with zero attached hydrogens (tertiary/aromatic N) is 3. The van der Waals surface area contributed by atoms with Crippen molar-refractivity contribution in [1.29, 1.82) is 0 Å². The summed E-state index contributed by atoms with van der Waals surface area (Å²) >= 11 is 0. The van der Waals surface area contributed by atoms with Crippen molar-refractivity contribution < 1.29 is 0 Å². The van der Waals surface area contributed by atoms with Crippen LogP contribution in [0.5, 0.6) is 0 Å². The highest BCUT2D eigenvalue weighted by Crippen LogP contribution is 2.20. The number of nitrogens with two attached hydrogens (primary N) is 1. The third-order valence-corrected chi connectivity index (χ3v) is 3.55. The maximum atomic E-state index is 5.98. The molecule has 2 heterocycles. The van der Waals surface area contributed by atoms with Gasteiger partial charge in [0, 0.05) is 50.0 Å². The van der Waals surface area contributed by atoms with Gasteiger partial charge in [0.1, 0.15) is 0 Å². The molecule has 0 aromatic heterocycles. The van der Waals surface area contributed by atoms with Gasteiger partial charge in [0.25, 0.3) is 0 Å². The predicted molar refractivity (Wildman–Crippen MR) is 100.0 cm³/mol. The fourth-order valence-electron chi connectivity index (χ4n) is 2.37. The maximum absolute atomic E-state index is 5.98. The number of piperazine rings is 1. The van der Waals surface area contributed by atoms with Crippen LogP contribution in [0.2, 0.25) is 0 Å². The van der Waals surface area contributed by atoms with E-state index in [1.165, 1.54) is 12.1 Å². The van der Waals surface area contributed by atoms with Crippen LogP contribution < -0.4 is 5.73 Å². The summed E-state index contributed by atoms with van der Waals surface area (Å²) in [7, 11) is 0. The molecular weight excluding hydrogens is 284 g/mol. The van der Waals surface area contributed by atoms with E-state index in [0.29, 0.717) is 0 Å². The molecule has 0 unspecified atom stereocenters. The highest BCUT2D eigenvalue weighted by molar-refractivity contribution is 5.34. The second-order valence-electron chi connectivity index (χ2n) is 5.47. The van der Waals surface area contributed by atoms with E-state index in [0.717, 1.165) is 37.7 Å². The van der Waals surface area contributed by atoms with Crippen molar-refractivity contribution in [3.8, 4) is 0 Å². The average Bonchev–Trinajstić information content (AvgIpc) is 2.56. The molecule has 1 fully saturated rings. The molecule has 1 saturated heterocycles. The van der Waals surface area contributed by atoms with Crippen LogP contribution in [0.25, 0.3) is 0 Å². The molecule has 2 aliphatic heterocycles. The molecule has 2 rings (SSSR count). The van der Waals surface area contributed by atoms with Gasteiger partial charge in [0.05, 0.1) is 5.82 Å². The van der Waals surface area contributed by atoms with Crippen LogP contribution in [0.4, 0.5) is 0 Å². The Balaban J connectivity index is 0.000000816. The molecule has 4 heteroatoms. The van der Waals surface area contributed by atoms with Crippen LogP contribution >= 0.6 is 0 Å². The van der Waals surface area contributed by atoms with Crippen molar-refractivity contribution >= 4 is 0 Å². The van der Waals surface area contributed by atoms with E-state index in [1.54, 1.807) is 12.3 Å². The van der Waals surface area contributed by atoms with Gasteiger partial charge in [-0.25, -0.2) is 0 Å². The van der Waals surface area contributed by atoms with E-state index in [1.807, 2.05) is 17.2 Å². The van der Waals surface area contributed by atoms with Crippen molar-refractivity contribution in [2.75, 3.05) is 26.2 Å². The summed E-state index contributed by atoms with van der Waals surface area (Å²) in [4.78, 5) is 6.43. The van der Waals surface area contributed by atoms with E-state index in [-0.39, 0.29) is 0 Å². The van der Waals surface area contributed by atoms with Crippen LogP contribution in [0.3, 0.4) is 0 Å². The molecule has 0 aliphatic carbocycles. The fourth-order valence-corrected chi connectivity index (χ4v) is 2.37. The van der Waals surface area contributed by atoms with Gasteiger partial charge in [-0.1, -0.05) is 46.1 Å². The zero-order valence-corrected chi connectivity index (χ0v) is 14.5. The maximum Gasteiger partial charge on any atom is 0.0987 e. The lowest BCUT2D eigenvalue weighted by Crippen LogP contribution is -2.46. The molecule has 0 aromatic rings. The van der Waals surface area contributed by atoms with Crippen molar-refractivity contribution in [1.82, 2.24) is 14.7 Å². The molecule has 0 spiro atoms. The van der Waals surface area contributed by atoms with Gasteiger partial charge >= 0.3 is 0 Å². The smallest absolute Gasteiger partial charge is 0.0987 e. The quantitative estimate of drug-likeness (QED) is 0.807. The second kappa shape index (κ2) is 9.62. The molecule has 0 amide bonds. The Morgan fingerprint density at radius 1 is 1.22 bits per heavy atom. The first kappa shape index (κ1) is 18.7. The van der Waals surface area contributed by atoms with Gasteiger partial charge in [-0.05, 0) is 18.2 Å². The zero-order valence-electron chi connectivity index (χ0n) is 14.5. The molecule has 126 valence electrons.